The van der Waals surface area contributed by atoms with E-state index in [0.29, 0.717) is 33.4 Å². The Morgan fingerprint density at radius 3 is 2.67 bits per heavy atom. The van der Waals surface area contributed by atoms with E-state index in [9.17, 15) is 14.7 Å². The summed E-state index contributed by atoms with van der Waals surface area (Å²) in [7, 11) is 3.19. The Labute approximate surface area is 240 Å². The molecule has 40 heavy (non-hydrogen) atoms. The van der Waals surface area contributed by atoms with E-state index in [1.807, 2.05) is 0 Å². The van der Waals surface area contributed by atoms with Gasteiger partial charge in [0, 0.05) is 24.7 Å². The lowest BCUT2D eigenvalue weighted by molar-refractivity contribution is -0.122. The van der Waals surface area contributed by atoms with Gasteiger partial charge in [-0.05, 0) is 30.8 Å². The third-order valence-electron chi connectivity index (χ3n) is 5.68. The number of aliphatic imine (C=N–C) groups is 1. The molecule has 8 N–H and O–H groups in total. The molecule has 3 aromatic rings. The second kappa shape index (κ2) is 13.8. The van der Waals surface area contributed by atoms with E-state index in [0.717, 1.165) is 11.8 Å². The van der Waals surface area contributed by atoms with E-state index in [4.69, 9.17) is 34.3 Å². The van der Waals surface area contributed by atoms with E-state index < -0.39 is 18.6 Å². The molecule has 210 valence electrons. The second-order valence-electron chi connectivity index (χ2n) is 8.20. The number of nitrogens with two attached hydrogens (primary N) is 2. The van der Waals surface area contributed by atoms with Gasteiger partial charge in [0.25, 0.3) is 11.9 Å². The molecule has 0 bridgehead atoms. The zero-order valence-corrected chi connectivity index (χ0v) is 23.2. The highest BCUT2D eigenvalue weighted by molar-refractivity contribution is 6.33. The summed E-state index contributed by atoms with van der Waals surface area (Å²) >= 11 is 12.5. The number of aliphatic hydroxyl groups excluding tert-OH is 1. The van der Waals surface area contributed by atoms with Gasteiger partial charge in [-0.25, -0.2) is 15.0 Å². The summed E-state index contributed by atoms with van der Waals surface area (Å²) in [4.78, 5) is 43.9. The highest BCUT2D eigenvalue weighted by Gasteiger charge is 2.30. The van der Waals surface area contributed by atoms with Crippen LogP contribution < -0.4 is 22.1 Å². The molecule has 0 aliphatic carbocycles. The van der Waals surface area contributed by atoms with Crippen LogP contribution in [-0.4, -0.2) is 76.1 Å². The van der Waals surface area contributed by atoms with Crippen LogP contribution in [0.1, 0.15) is 27.7 Å². The number of benzene rings is 1. The summed E-state index contributed by atoms with van der Waals surface area (Å²) < 4.78 is 0. The predicted octanol–water partition coefficient (Wildman–Crippen LogP) is 1.91. The van der Waals surface area contributed by atoms with Crippen molar-refractivity contribution in [3.63, 3.8) is 0 Å². The first-order chi connectivity index (χ1) is 19.2. The number of carbonyl (C=O) groups is 2. The number of fused-ring (bicyclic) bond motifs is 1. The fraction of sp³-hybridized carbons (Fsp3) is 0.240. The van der Waals surface area contributed by atoms with Gasteiger partial charge in [-0.1, -0.05) is 35.3 Å². The molecule has 15 heteroatoms. The molecule has 2 amide bonds. The zero-order valence-electron chi connectivity index (χ0n) is 21.7. The van der Waals surface area contributed by atoms with Crippen molar-refractivity contribution < 1.29 is 14.7 Å². The molecule has 1 aliphatic rings. The molecule has 0 radical (unpaired) electrons. The molecule has 0 spiro atoms. The summed E-state index contributed by atoms with van der Waals surface area (Å²) in [5, 5.41) is 23.1. The number of hydrogen-bond donors (Lipinski definition) is 6. The van der Waals surface area contributed by atoms with E-state index in [1.54, 1.807) is 37.4 Å². The molecule has 0 saturated carbocycles. The molecule has 4 rings (SSSR count). The van der Waals surface area contributed by atoms with Crippen LogP contribution in [0.3, 0.4) is 0 Å². The Bertz CT molecular complexity index is 1450. The Morgan fingerprint density at radius 1 is 1.25 bits per heavy atom. The quantitative estimate of drug-likeness (QED) is 0.159. The van der Waals surface area contributed by atoms with Gasteiger partial charge >= 0.3 is 0 Å². The van der Waals surface area contributed by atoms with Crippen LogP contribution in [0.2, 0.25) is 10.0 Å². The maximum Gasteiger partial charge on any atom is 0.254 e. The van der Waals surface area contributed by atoms with Gasteiger partial charge < -0.3 is 37.5 Å². The SMILES string of the molecule is CN.CNc1ccc(Cl)c(C(CO)NC(=O)CN2Cc3ccc(-c4nc(/N=C(/N)C=N)ncc4Cl)cc3C2=O)n1. The Kier molecular flexibility index (Phi) is 10.4. The van der Waals surface area contributed by atoms with Gasteiger partial charge in [-0.15, -0.1) is 0 Å². The standard InChI is InChI=1S/C24H23Cl2N9O3.CH5N/c1-29-19-5-4-15(25)22(33-19)17(11-36)31-20(37)10-35-9-13-3-2-12(6-14(13)23(35)38)21-16(26)8-30-24(34-21)32-18(28)7-27;1-2/h2-8,17,27,36H,9-11H2,1H3,(H,29,33)(H,31,37)(H2,28,30,32,34);2H2,1H3. The molecule has 0 fully saturated rings. The third kappa shape index (κ3) is 6.87. The number of pyridine rings is 1. The minimum Gasteiger partial charge on any atom is -0.394 e. The molecule has 1 atom stereocenters. The lowest BCUT2D eigenvalue weighted by Crippen LogP contribution is -2.40. The van der Waals surface area contributed by atoms with Crippen LogP contribution in [-0.2, 0) is 11.3 Å². The first kappa shape index (κ1) is 30.4. The van der Waals surface area contributed by atoms with Gasteiger partial charge in [-0.3, -0.25) is 9.59 Å². The predicted molar refractivity (Wildman–Crippen MR) is 154 cm³/mol. The topological polar surface area (TPSA) is 209 Å². The van der Waals surface area contributed by atoms with E-state index in [-0.39, 0.29) is 35.8 Å². The summed E-state index contributed by atoms with van der Waals surface area (Å²) in [6, 6.07) is 7.59. The van der Waals surface area contributed by atoms with Crippen molar-refractivity contribution in [1.82, 2.24) is 25.2 Å². The van der Waals surface area contributed by atoms with Crippen molar-refractivity contribution in [2.75, 3.05) is 32.6 Å². The van der Waals surface area contributed by atoms with E-state index in [1.165, 1.54) is 18.1 Å². The van der Waals surface area contributed by atoms with E-state index in [2.05, 4.69) is 36.3 Å². The van der Waals surface area contributed by atoms with E-state index >= 15 is 0 Å². The van der Waals surface area contributed by atoms with Crippen molar-refractivity contribution in [2.45, 2.75) is 12.6 Å². The molecule has 1 aliphatic heterocycles. The molecular formula is C25H28Cl2N10O3. The van der Waals surface area contributed by atoms with Crippen molar-refractivity contribution in [2.24, 2.45) is 16.5 Å². The number of amidine groups is 1. The molecule has 1 unspecified atom stereocenters. The van der Waals surface area contributed by atoms with Gasteiger partial charge in [0.15, 0.2) is 0 Å². The van der Waals surface area contributed by atoms with Crippen molar-refractivity contribution in [3.8, 4) is 11.3 Å². The number of rotatable bonds is 9. The Morgan fingerprint density at radius 2 is 2.00 bits per heavy atom. The lowest BCUT2D eigenvalue weighted by atomic mass is 10.0. The fourth-order valence-corrected chi connectivity index (χ4v) is 4.29. The minimum atomic E-state index is -0.853. The normalized spacial score (nSPS) is 13.2. The second-order valence-corrected chi connectivity index (χ2v) is 9.01. The Balaban J connectivity index is 0.00000216. The smallest absolute Gasteiger partial charge is 0.254 e. The molecule has 3 heterocycles. The van der Waals surface area contributed by atoms with Crippen molar-refractivity contribution >= 4 is 58.8 Å². The number of hydrogen-bond acceptors (Lipinski definition) is 10. The van der Waals surface area contributed by atoms with Crippen LogP contribution in [0.5, 0.6) is 0 Å². The summed E-state index contributed by atoms with van der Waals surface area (Å²) in [5.41, 5.74) is 12.4. The molecule has 1 aromatic carbocycles. The molecule has 13 nitrogen and oxygen atoms in total. The number of nitrogens with one attached hydrogen (secondary N) is 3. The number of anilines is 1. The number of nitrogens with zero attached hydrogens (tertiary/aromatic N) is 5. The fourth-order valence-electron chi connectivity index (χ4n) is 3.85. The average Bonchev–Trinajstić information content (AvgIpc) is 3.28. The average molecular weight is 587 g/mol. The number of halogens is 2. The summed E-state index contributed by atoms with van der Waals surface area (Å²) in [6.45, 7) is -0.443. The largest absolute Gasteiger partial charge is 0.394 e. The molecule has 2 aromatic heterocycles. The summed E-state index contributed by atoms with van der Waals surface area (Å²) in [5.74, 6) is -0.360. The molecule has 0 saturated heterocycles. The monoisotopic (exact) mass is 586 g/mol. The van der Waals surface area contributed by atoms with Gasteiger partial charge in [0.2, 0.25) is 5.91 Å². The lowest BCUT2D eigenvalue weighted by Gasteiger charge is -2.20. The van der Waals surface area contributed by atoms with Gasteiger partial charge in [0.05, 0.1) is 46.5 Å². The van der Waals surface area contributed by atoms with Crippen molar-refractivity contribution in [1.29, 1.82) is 5.41 Å². The third-order valence-corrected chi connectivity index (χ3v) is 6.28. The highest BCUT2D eigenvalue weighted by atomic mass is 35.5. The maximum absolute atomic E-state index is 13.1. The van der Waals surface area contributed by atoms with Crippen molar-refractivity contribution in [3.05, 3.63) is 63.4 Å². The highest BCUT2D eigenvalue weighted by Crippen LogP contribution is 2.32. The first-order valence-electron chi connectivity index (χ1n) is 11.9. The van der Waals surface area contributed by atoms with Gasteiger partial charge in [-0.2, -0.15) is 4.99 Å². The first-order valence-corrected chi connectivity index (χ1v) is 12.6. The van der Waals surface area contributed by atoms with Gasteiger partial charge in [0.1, 0.15) is 18.2 Å². The van der Waals surface area contributed by atoms with Crippen LogP contribution in [0, 0.1) is 5.41 Å². The molecular weight excluding hydrogens is 559 g/mol. The van der Waals surface area contributed by atoms with Crippen LogP contribution >= 0.6 is 23.2 Å². The zero-order chi connectivity index (χ0) is 29.4. The number of aliphatic hydroxyl groups is 1. The minimum absolute atomic E-state index is 0.0174. The number of aromatic nitrogens is 3. The van der Waals surface area contributed by atoms with Crippen LogP contribution in [0.4, 0.5) is 11.8 Å². The summed E-state index contributed by atoms with van der Waals surface area (Å²) in [6.07, 6.45) is 2.22. The Hall–Kier alpha value is -4.17. The number of amides is 2. The maximum atomic E-state index is 13.1. The van der Waals surface area contributed by atoms with Crippen LogP contribution in [0.25, 0.3) is 11.3 Å². The van der Waals surface area contributed by atoms with Crippen LogP contribution in [0.15, 0.2) is 41.5 Å². The number of carbonyl (C=O) groups excluding carboxylic acids is 2.